The van der Waals surface area contributed by atoms with Crippen LogP contribution in [0.25, 0.3) is 98.6 Å². The molecule has 0 fully saturated rings. The predicted octanol–water partition coefficient (Wildman–Crippen LogP) is 11.9. The average molecular weight is 551 g/mol. The van der Waals surface area contributed by atoms with Gasteiger partial charge in [-0.25, -0.2) is 0 Å². The number of hydrogen-bond acceptors (Lipinski definition) is 3. The van der Waals surface area contributed by atoms with Crippen molar-refractivity contribution in [3.8, 4) is 22.3 Å². The third-order valence-electron chi connectivity index (χ3n) is 8.94. The summed E-state index contributed by atoms with van der Waals surface area (Å²) in [6.45, 7) is 0. The highest BCUT2D eigenvalue weighted by Crippen LogP contribution is 2.47. The predicted molar refractivity (Wildman–Crippen MR) is 177 cm³/mol. The van der Waals surface area contributed by atoms with E-state index >= 15 is 0 Å². The van der Waals surface area contributed by atoms with Crippen LogP contribution in [0, 0.1) is 0 Å². The number of rotatable bonds is 2. The Labute approximate surface area is 245 Å². The summed E-state index contributed by atoms with van der Waals surface area (Å²) >= 11 is 0. The van der Waals surface area contributed by atoms with Crippen LogP contribution in [0.15, 0.2) is 147 Å². The summed E-state index contributed by atoms with van der Waals surface area (Å²) in [5.41, 5.74) is 9.01. The fourth-order valence-corrected chi connectivity index (χ4v) is 7.06. The molecule has 3 aromatic heterocycles. The third kappa shape index (κ3) is 3.14. The van der Waals surface area contributed by atoms with E-state index in [2.05, 4.69) is 103 Å². The Bertz CT molecular complexity index is 2680. The van der Waals surface area contributed by atoms with E-state index in [1.54, 1.807) is 6.26 Å². The second kappa shape index (κ2) is 8.37. The van der Waals surface area contributed by atoms with Crippen molar-refractivity contribution in [3.05, 3.63) is 134 Å². The molecule has 10 rings (SSSR count). The van der Waals surface area contributed by atoms with Gasteiger partial charge in [0.15, 0.2) is 0 Å². The first-order valence-electron chi connectivity index (χ1n) is 14.5. The fraction of sp³-hybridized carbons (Fsp3) is 0. The van der Waals surface area contributed by atoms with Gasteiger partial charge in [0, 0.05) is 44.1 Å². The normalized spacial score (nSPS) is 12.2. The molecule has 10 aromatic rings. The van der Waals surface area contributed by atoms with Gasteiger partial charge in [0.2, 0.25) is 0 Å². The summed E-state index contributed by atoms with van der Waals surface area (Å²) in [5, 5.41) is 10.3. The van der Waals surface area contributed by atoms with E-state index in [0.717, 1.165) is 60.4 Å². The van der Waals surface area contributed by atoms with E-state index in [0.29, 0.717) is 0 Å². The minimum atomic E-state index is 0.829. The highest BCUT2D eigenvalue weighted by atomic mass is 16.3. The van der Waals surface area contributed by atoms with Crippen molar-refractivity contribution in [2.75, 3.05) is 0 Å². The molecule has 43 heavy (non-hydrogen) atoms. The number of benzene rings is 7. The molecule has 0 saturated carbocycles. The highest BCUT2D eigenvalue weighted by Gasteiger charge is 2.21. The molecule has 3 heteroatoms. The topological polar surface area (TPSA) is 39.4 Å². The lowest BCUT2D eigenvalue weighted by Gasteiger charge is -2.18. The summed E-state index contributed by atoms with van der Waals surface area (Å²) in [4.78, 5) is 0. The smallest absolute Gasteiger partial charge is 0.143 e. The van der Waals surface area contributed by atoms with Gasteiger partial charge < -0.3 is 13.3 Å². The van der Waals surface area contributed by atoms with Gasteiger partial charge in [0.05, 0.1) is 6.26 Å². The minimum Gasteiger partial charge on any atom is -0.464 e. The second-order valence-corrected chi connectivity index (χ2v) is 11.2. The van der Waals surface area contributed by atoms with E-state index in [-0.39, 0.29) is 0 Å². The van der Waals surface area contributed by atoms with E-state index < -0.39 is 0 Å². The largest absolute Gasteiger partial charge is 0.464 e. The molecule has 0 amide bonds. The number of hydrogen-bond donors (Lipinski definition) is 0. The van der Waals surface area contributed by atoms with Gasteiger partial charge >= 0.3 is 0 Å². The maximum Gasteiger partial charge on any atom is 0.143 e. The Morgan fingerprint density at radius 2 is 1.02 bits per heavy atom. The van der Waals surface area contributed by atoms with E-state index in [1.807, 2.05) is 24.3 Å². The van der Waals surface area contributed by atoms with Crippen molar-refractivity contribution in [3.63, 3.8) is 0 Å². The van der Waals surface area contributed by atoms with Crippen LogP contribution < -0.4 is 0 Å². The van der Waals surface area contributed by atoms with Crippen molar-refractivity contribution in [1.29, 1.82) is 0 Å². The van der Waals surface area contributed by atoms with Crippen LogP contribution in [-0.2, 0) is 0 Å². The molecule has 200 valence electrons. The SMILES string of the molecule is c1ccc2c(c1)oc1ccc(-c3c4ccccc4c(-c4cccc5c4oc4cc6occc6cc45)c4ccccc34)cc12. The summed E-state index contributed by atoms with van der Waals surface area (Å²) in [5.74, 6) is 0. The molecule has 3 nitrogen and oxygen atoms in total. The van der Waals surface area contributed by atoms with Gasteiger partial charge in [0.25, 0.3) is 0 Å². The van der Waals surface area contributed by atoms with Gasteiger partial charge in [-0.1, -0.05) is 91.0 Å². The van der Waals surface area contributed by atoms with Gasteiger partial charge in [-0.05, 0) is 63.0 Å². The zero-order chi connectivity index (χ0) is 28.1. The standard InChI is InChI=1S/C40H22O3/c1-3-11-28-26(9-1)38(24-16-17-35-32(21-24)25-8-5-6-15-34(25)42-35)27-10-2-4-12-29(27)39(28)31-14-7-13-30-33-20-23-18-19-41-36(23)22-37(33)43-40(30)31/h1-22H. The Balaban J connectivity index is 1.32. The lowest BCUT2D eigenvalue weighted by atomic mass is 9.85. The number of fused-ring (bicyclic) bond motifs is 9. The maximum absolute atomic E-state index is 6.64. The Morgan fingerprint density at radius 3 is 1.81 bits per heavy atom. The van der Waals surface area contributed by atoms with Crippen LogP contribution in [0.1, 0.15) is 0 Å². The third-order valence-corrected chi connectivity index (χ3v) is 8.94. The van der Waals surface area contributed by atoms with Crippen molar-refractivity contribution in [2.45, 2.75) is 0 Å². The van der Waals surface area contributed by atoms with E-state index in [4.69, 9.17) is 13.3 Å². The van der Waals surface area contributed by atoms with E-state index in [9.17, 15) is 0 Å². The van der Waals surface area contributed by atoms with Crippen molar-refractivity contribution < 1.29 is 13.3 Å². The number of para-hydroxylation sites is 2. The molecule has 7 aromatic carbocycles. The minimum absolute atomic E-state index is 0.829. The van der Waals surface area contributed by atoms with Gasteiger partial charge in [-0.2, -0.15) is 0 Å². The van der Waals surface area contributed by atoms with Gasteiger partial charge in [0.1, 0.15) is 27.9 Å². The maximum atomic E-state index is 6.64. The Kier molecular flexibility index (Phi) is 4.45. The van der Waals surface area contributed by atoms with Crippen molar-refractivity contribution in [1.82, 2.24) is 0 Å². The molecule has 0 aliphatic carbocycles. The highest BCUT2D eigenvalue weighted by molar-refractivity contribution is 6.25. The molecular weight excluding hydrogens is 528 g/mol. The first-order valence-corrected chi connectivity index (χ1v) is 14.5. The molecule has 0 bridgehead atoms. The first kappa shape index (κ1) is 22.8. The second-order valence-electron chi connectivity index (χ2n) is 11.2. The molecule has 0 spiro atoms. The quantitative estimate of drug-likeness (QED) is 0.201. The molecular formula is C40H22O3. The molecule has 0 N–H and O–H groups in total. The average Bonchev–Trinajstić information content (AvgIpc) is 3.77. The molecule has 0 unspecified atom stereocenters. The van der Waals surface area contributed by atoms with Crippen LogP contribution in [0.2, 0.25) is 0 Å². The molecule has 3 heterocycles. The Hall–Kier alpha value is -5.80. The lowest BCUT2D eigenvalue weighted by molar-refractivity contribution is 0.613. The van der Waals surface area contributed by atoms with Crippen LogP contribution in [0.4, 0.5) is 0 Å². The van der Waals surface area contributed by atoms with Crippen molar-refractivity contribution in [2.24, 2.45) is 0 Å². The van der Waals surface area contributed by atoms with Gasteiger partial charge in [-0.15, -0.1) is 0 Å². The van der Waals surface area contributed by atoms with E-state index in [1.165, 1.54) is 38.2 Å². The van der Waals surface area contributed by atoms with Gasteiger partial charge in [-0.3, -0.25) is 0 Å². The van der Waals surface area contributed by atoms with Crippen molar-refractivity contribution >= 4 is 76.4 Å². The first-order chi connectivity index (χ1) is 21.3. The van der Waals surface area contributed by atoms with Crippen LogP contribution in [0.3, 0.4) is 0 Å². The summed E-state index contributed by atoms with van der Waals surface area (Å²) in [6, 6.07) is 45.0. The van der Waals surface area contributed by atoms with Crippen LogP contribution >= 0.6 is 0 Å². The molecule has 0 aliphatic rings. The Morgan fingerprint density at radius 1 is 0.372 bits per heavy atom. The zero-order valence-corrected chi connectivity index (χ0v) is 22.9. The number of furan rings is 3. The monoisotopic (exact) mass is 550 g/mol. The fourth-order valence-electron chi connectivity index (χ4n) is 7.06. The summed E-state index contributed by atoms with van der Waals surface area (Å²) in [7, 11) is 0. The molecule has 0 aliphatic heterocycles. The summed E-state index contributed by atoms with van der Waals surface area (Å²) < 4.78 is 18.5. The molecule has 0 saturated heterocycles. The van der Waals surface area contributed by atoms with Crippen LogP contribution in [-0.4, -0.2) is 0 Å². The van der Waals surface area contributed by atoms with Crippen LogP contribution in [0.5, 0.6) is 0 Å². The molecule has 0 radical (unpaired) electrons. The lowest BCUT2D eigenvalue weighted by Crippen LogP contribution is -1.91. The molecule has 0 atom stereocenters. The zero-order valence-electron chi connectivity index (χ0n) is 22.9. The summed E-state index contributed by atoms with van der Waals surface area (Å²) in [6.07, 6.45) is 1.73.